The van der Waals surface area contributed by atoms with Gasteiger partial charge in [-0.05, 0) is 138 Å². The lowest BCUT2D eigenvalue weighted by atomic mass is 9.58. The van der Waals surface area contributed by atoms with Crippen molar-refractivity contribution in [3.63, 3.8) is 0 Å². The third-order valence-corrected chi connectivity index (χ3v) is 24.5. The summed E-state index contributed by atoms with van der Waals surface area (Å²) in [6.07, 6.45) is 5.99. The van der Waals surface area contributed by atoms with Gasteiger partial charge in [-0.3, -0.25) is 57.5 Å². The number of fused-ring (bicyclic) bond motifs is 3. The monoisotopic (exact) mass is 1470 g/mol. The summed E-state index contributed by atoms with van der Waals surface area (Å²) in [4.78, 5) is 193. The molecule has 1 spiro atoms. The molecule has 7 aliphatic rings. The predicted molar refractivity (Wildman–Crippen MR) is 384 cm³/mol. The van der Waals surface area contributed by atoms with E-state index < -0.39 is 179 Å². The topological polar surface area (TPSA) is 270 Å². The van der Waals surface area contributed by atoms with Gasteiger partial charge >= 0.3 is 6.18 Å². The van der Waals surface area contributed by atoms with Crippen molar-refractivity contribution in [1.82, 2.24) is 60.0 Å². The summed E-state index contributed by atoms with van der Waals surface area (Å²) in [7, 11) is 10.2. The average molecular weight is 1470 g/mol. The minimum absolute atomic E-state index is 0.00584. The van der Waals surface area contributed by atoms with Gasteiger partial charge in [0.05, 0.1) is 25.4 Å². The van der Waals surface area contributed by atoms with Gasteiger partial charge in [0.2, 0.25) is 70.9 Å². The van der Waals surface area contributed by atoms with Gasteiger partial charge in [0.1, 0.15) is 53.9 Å². The maximum atomic E-state index is 15.7. The Labute approximate surface area is 613 Å². The Morgan fingerprint density at radius 3 is 1.89 bits per heavy atom. The summed E-state index contributed by atoms with van der Waals surface area (Å²) in [5, 5.41) is 7.63. The van der Waals surface area contributed by atoms with Crippen LogP contribution in [-0.2, 0) is 57.5 Å². The van der Waals surface area contributed by atoms with Crippen molar-refractivity contribution in [1.29, 1.82) is 0 Å². The van der Waals surface area contributed by atoms with Crippen LogP contribution in [0.4, 0.5) is 13.2 Å². The van der Waals surface area contributed by atoms with Crippen LogP contribution < -0.4 is 16.0 Å². The fourth-order valence-corrected chi connectivity index (χ4v) is 18.0. The van der Waals surface area contributed by atoms with Gasteiger partial charge in [0.15, 0.2) is 0 Å². The van der Waals surface area contributed by atoms with E-state index in [1.54, 1.807) is 26.8 Å². The number of hydrogen-bond acceptors (Lipinski definition) is 12. The number of nitrogens with zero attached hydrogens (tertiary/aromatic N) is 9. The van der Waals surface area contributed by atoms with E-state index in [1.165, 1.54) is 93.4 Å². The zero-order chi connectivity index (χ0) is 76.5. The van der Waals surface area contributed by atoms with Gasteiger partial charge in [-0.1, -0.05) is 106 Å². The smallest absolute Gasteiger partial charge is 0.344 e. The molecule has 580 valence electrons. The number of carbonyl (C=O) groups is 12. The van der Waals surface area contributed by atoms with Crippen LogP contribution in [0.15, 0.2) is 12.2 Å². The second-order valence-corrected chi connectivity index (χ2v) is 33.1. The molecule has 24 nitrogen and oxygen atoms in total. The van der Waals surface area contributed by atoms with Crippen molar-refractivity contribution in [2.24, 2.45) is 46.8 Å². The lowest BCUT2D eigenvalue weighted by Crippen LogP contribution is -2.71. The van der Waals surface area contributed by atoms with Crippen molar-refractivity contribution in [2.45, 2.75) is 262 Å². The number of carbonyl (C=O) groups excluding carboxylic acids is 12. The Hall–Kier alpha value is -6.54. The Balaban J connectivity index is 1.31. The number of rotatable bonds is 11. The molecule has 2 saturated heterocycles. The molecule has 28 heteroatoms. The summed E-state index contributed by atoms with van der Waals surface area (Å²) in [6, 6.07) is -9.85. The average Bonchev–Trinajstić information content (AvgIpc) is 1.47. The molecule has 4 aliphatic carbocycles. The first-order valence-electron chi connectivity index (χ1n) is 38.0. The first-order chi connectivity index (χ1) is 48.3. The van der Waals surface area contributed by atoms with E-state index in [0.29, 0.717) is 31.6 Å². The van der Waals surface area contributed by atoms with Crippen LogP contribution in [0.3, 0.4) is 0 Å². The normalized spacial score (nSPS) is 32.5. The molecule has 3 aliphatic heterocycles. The molecule has 3 heterocycles. The molecule has 3 unspecified atom stereocenters. The maximum Gasteiger partial charge on any atom is 0.393 e. The lowest BCUT2D eigenvalue weighted by molar-refractivity contribution is -0.182. The van der Waals surface area contributed by atoms with Crippen LogP contribution in [0.1, 0.15) is 197 Å². The highest BCUT2D eigenvalue weighted by Gasteiger charge is 2.59. The molecule has 2 bridgehead atoms. The standard InChI is InChI=1S/C75H120ClF3N12O12/c1-16-47(6)62-70(101)85(11)42-61(94)87(13)55-26-20-19-23-35-90(69(55)100)58(38-49-29-27-45(4)28-30-49)68(99)84(10)41-59(92)80-53(34-32-48-31-33-51(52(76)37-48)75(77,78)79)66(97)91-40-46(5)36-56(91)65(96)82-74(43-73(7,8)44-74)72(103)89(15)63(50-24-21-22-25-50)71(102)88(14)57(67(98)83(9)18-3)39-60(93)86(12)54(17-2)64(95)81-62/h19-20,45-58,62-63H,16-18,21-44H2,1-15H3,(H,80,92)(H,81,95)(H,82,96)/b20-19-/t45?,46-,47+,48?,49?,51?,52?,53+,54+,55+,56+,57+,58+,62+,63+/m1/s1. The highest BCUT2D eigenvalue weighted by atomic mass is 35.5. The number of alkyl halides is 4. The molecule has 0 aromatic rings. The van der Waals surface area contributed by atoms with Crippen LogP contribution in [0.25, 0.3) is 0 Å². The minimum atomic E-state index is -4.52. The SMILES string of the molecule is CC[C@H](C)[C@@H]1NC(=O)[C@H](CC)N(C)C(=O)C[C@@H](C(=O)N(C)CC)N(C)C(=O)[C@H](C2CCCC2)N(C)C(=O)C2(CC(C)(C)C2)NC(=O)[C@@H]2C[C@@H](C)CN2C(=O)[C@H](CCC2CCC(C(F)(F)F)C(Cl)C2)NC(=O)CN(C)C(=O)[C@H](CC2CCC(C)CC2)N2CC/C=C\C[C@@H](C2=O)N(C)C(=O)CN(C)C1=O. The van der Waals surface area contributed by atoms with E-state index in [9.17, 15) is 41.9 Å². The zero-order valence-corrected chi connectivity index (χ0v) is 64.7. The molecule has 0 radical (unpaired) electrons. The maximum absolute atomic E-state index is 15.7. The molecule has 6 fully saturated rings. The Morgan fingerprint density at radius 1 is 0.670 bits per heavy atom. The second-order valence-electron chi connectivity index (χ2n) is 32.5. The van der Waals surface area contributed by atoms with E-state index in [4.69, 9.17) is 11.6 Å². The summed E-state index contributed by atoms with van der Waals surface area (Å²) in [6.45, 7) is 14.1. The van der Waals surface area contributed by atoms with E-state index >= 15 is 28.8 Å². The van der Waals surface area contributed by atoms with Gasteiger partial charge in [-0.15, -0.1) is 11.6 Å². The van der Waals surface area contributed by atoms with Crippen molar-refractivity contribution < 1.29 is 70.7 Å². The Kier molecular flexibility index (Phi) is 29.0. The number of halogens is 4. The number of likely N-dealkylation sites (N-methyl/N-ethyl adjacent to an activating group) is 7. The van der Waals surface area contributed by atoms with Crippen LogP contribution in [0.5, 0.6) is 0 Å². The zero-order valence-electron chi connectivity index (χ0n) is 63.9. The van der Waals surface area contributed by atoms with Crippen LogP contribution in [-0.4, -0.2) is 262 Å². The molecule has 0 aromatic heterocycles. The first kappa shape index (κ1) is 83.7. The highest BCUT2D eigenvalue weighted by molar-refractivity contribution is 6.21. The fourth-order valence-electron chi connectivity index (χ4n) is 17.5. The predicted octanol–water partition coefficient (Wildman–Crippen LogP) is 6.75. The van der Waals surface area contributed by atoms with E-state index in [-0.39, 0.29) is 108 Å². The van der Waals surface area contributed by atoms with E-state index in [0.717, 1.165) is 38.5 Å². The van der Waals surface area contributed by atoms with Crippen LogP contribution >= 0.6 is 11.6 Å². The fraction of sp³-hybridized carbons (Fsp3) is 0.813. The molecule has 103 heavy (non-hydrogen) atoms. The van der Waals surface area contributed by atoms with Crippen molar-refractivity contribution in [3.05, 3.63) is 12.2 Å². The lowest BCUT2D eigenvalue weighted by Gasteiger charge is -2.54. The molecule has 4 saturated carbocycles. The largest absolute Gasteiger partial charge is 0.393 e. The molecule has 12 amide bonds. The van der Waals surface area contributed by atoms with Crippen molar-refractivity contribution in [3.8, 4) is 0 Å². The van der Waals surface area contributed by atoms with Gasteiger partial charge in [-0.25, -0.2) is 0 Å². The van der Waals surface area contributed by atoms with Crippen molar-refractivity contribution in [2.75, 3.05) is 82.1 Å². The van der Waals surface area contributed by atoms with Crippen LogP contribution in [0.2, 0.25) is 0 Å². The van der Waals surface area contributed by atoms with Gasteiger partial charge < -0.3 is 60.0 Å². The third kappa shape index (κ3) is 20.1. The molecule has 13 atom stereocenters. The molecular weight excluding hydrogens is 1350 g/mol. The van der Waals surface area contributed by atoms with E-state index in [1.807, 2.05) is 33.8 Å². The summed E-state index contributed by atoms with van der Waals surface area (Å²) < 4.78 is 42.3. The Bertz CT molecular complexity index is 3100. The van der Waals surface area contributed by atoms with E-state index in [2.05, 4.69) is 22.9 Å². The summed E-state index contributed by atoms with van der Waals surface area (Å²) in [5.41, 5.74) is -2.10. The summed E-state index contributed by atoms with van der Waals surface area (Å²) in [5.74, 6) is -10.4. The molecule has 7 rings (SSSR count). The first-order valence-corrected chi connectivity index (χ1v) is 38.4. The van der Waals surface area contributed by atoms with Gasteiger partial charge in [0.25, 0.3) is 0 Å². The molecule has 3 N–H and O–H groups in total. The van der Waals surface area contributed by atoms with Crippen LogP contribution in [0, 0.1) is 46.8 Å². The third-order valence-electron chi connectivity index (χ3n) is 24.1. The summed E-state index contributed by atoms with van der Waals surface area (Å²) >= 11 is 6.45. The number of hydrogen-bond donors (Lipinski definition) is 3. The molecular formula is C75H120ClF3N12O12. The number of amides is 12. The highest BCUT2D eigenvalue weighted by Crippen LogP contribution is 2.50. The van der Waals surface area contributed by atoms with Gasteiger partial charge in [0, 0.05) is 74.3 Å². The number of nitrogens with one attached hydrogen (secondary N) is 3. The second kappa shape index (κ2) is 35.7. The van der Waals surface area contributed by atoms with Crippen molar-refractivity contribution >= 4 is 82.5 Å². The molecule has 0 aromatic carbocycles. The van der Waals surface area contributed by atoms with Gasteiger partial charge in [-0.2, -0.15) is 13.2 Å². The Morgan fingerprint density at radius 2 is 1.30 bits per heavy atom. The quantitative estimate of drug-likeness (QED) is 0.143. The minimum Gasteiger partial charge on any atom is -0.344 e.